The van der Waals surface area contributed by atoms with Crippen molar-refractivity contribution in [1.82, 2.24) is 0 Å². The summed E-state index contributed by atoms with van der Waals surface area (Å²) < 4.78 is 5.00. The van der Waals surface area contributed by atoms with E-state index in [2.05, 4.69) is 0 Å². The maximum absolute atomic E-state index is 12.2. The lowest BCUT2D eigenvalue weighted by Gasteiger charge is -2.15. The average Bonchev–Trinajstić information content (AvgIpc) is 3.05. The number of carbonyl (C=O) groups is 3. The SMILES string of the molecule is Cc1ccc(C(=O)OCC(=O)c2ccc(N3CCCC3=O)cc2)c(O)c1. The molecule has 3 rings (SSSR count). The molecule has 2 aromatic carbocycles. The number of anilines is 1. The Kier molecular flexibility index (Phi) is 5.02. The van der Waals surface area contributed by atoms with Crippen LogP contribution >= 0.6 is 0 Å². The van der Waals surface area contributed by atoms with E-state index in [1.54, 1.807) is 42.2 Å². The van der Waals surface area contributed by atoms with E-state index in [9.17, 15) is 19.5 Å². The third-order valence-corrected chi connectivity index (χ3v) is 4.28. The molecule has 0 atom stereocenters. The smallest absolute Gasteiger partial charge is 0.342 e. The maximum atomic E-state index is 12.2. The first-order chi connectivity index (χ1) is 12.5. The Morgan fingerprint density at radius 3 is 2.50 bits per heavy atom. The van der Waals surface area contributed by atoms with E-state index in [1.165, 1.54) is 12.1 Å². The summed E-state index contributed by atoms with van der Waals surface area (Å²) in [6.07, 6.45) is 1.38. The molecule has 1 saturated heterocycles. The van der Waals surface area contributed by atoms with Crippen LogP contribution in [0.2, 0.25) is 0 Å². The first-order valence-electron chi connectivity index (χ1n) is 8.36. The highest BCUT2D eigenvalue weighted by molar-refractivity contribution is 6.01. The fourth-order valence-corrected chi connectivity index (χ4v) is 2.85. The van der Waals surface area contributed by atoms with E-state index in [4.69, 9.17) is 4.74 Å². The van der Waals surface area contributed by atoms with Crippen molar-refractivity contribution in [3.63, 3.8) is 0 Å². The summed E-state index contributed by atoms with van der Waals surface area (Å²) in [6.45, 7) is 2.05. The second-order valence-corrected chi connectivity index (χ2v) is 6.22. The molecule has 1 aliphatic rings. The van der Waals surface area contributed by atoms with Crippen molar-refractivity contribution in [2.45, 2.75) is 19.8 Å². The molecule has 1 aliphatic heterocycles. The number of rotatable bonds is 5. The maximum Gasteiger partial charge on any atom is 0.342 e. The molecule has 1 heterocycles. The van der Waals surface area contributed by atoms with Gasteiger partial charge in [-0.25, -0.2) is 4.79 Å². The number of nitrogens with zero attached hydrogens (tertiary/aromatic N) is 1. The number of hydrogen-bond acceptors (Lipinski definition) is 5. The lowest BCUT2D eigenvalue weighted by Crippen LogP contribution is -2.23. The van der Waals surface area contributed by atoms with Crippen LogP contribution in [-0.4, -0.2) is 35.9 Å². The number of esters is 1. The Labute approximate surface area is 151 Å². The predicted molar refractivity (Wildman–Crippen MR) is 95.5 cm³/mol. The molecule has 0 unspecified atom stereocenters. The Morgan fingerprint density at radius 1 is 1.15 bits per heavy atom. The van der Waals surface area contributed by atoms with Crippen LogP contribution < -0.4 is 4.90 Å². The van der Waals surface area contributed by atoms with Gasteiger partial charge in [-0.3, -0.25) is 9.59 Å². The topological polar surface area (TPSA) is 83.9 Å². The Morgan fingerprint density at radius 2 is 1.88 bits per heavy atom. The predicted octanol–water partition coefficient (Wildman–Crippen LogP) is 2.87. The largest absolute Gasteiger partial charge is 0.507 e. The van der Waals surface area contributed by atoms with Gasteiger partial charge in [-0.05, 0) is 55.3 Å². The van der Waals surface area contributed by atoms with Gasteiger partial charge in [0.05, 0.1) is 0 Å². The summed E-state index contributed by atoms with van der Waals surface area (Å²) in [5.41, 5.74) is 1.98. The molecule has 0 aromatic heterocycles. The number of Topliss-reactive ketones (excluding diaryl/α,β-unsaturated/α-hetero) is 1. The van der Waals surface area contributed by atoms with Gasteiger partial charge in [-0.2, -0.15) is 0 Å². The van der Waals surface area contributed by atoms with Gasteiger partial charge >= 0.3 is 5.97 Å². The molecular weight excluding hydrogens is 334 g/mol. The van der Waals surface area contributed by atoms with Crippen LogP contribution in [0.3, 0.4) is 0 Å². The lowest BCUT2D eigenvalue weighted by atomic mass is 10.1. The van der Waals surface area contributed by atoms with Gasteiger partial charge < -0.3 is 14.7 Å². The van der Waals surface area contributed by atoms with Gasteiger partial charge in [0.1, 0.15) is 11.3 Å². The van der Waals surface area contributed by atoms with Crippen molar-refractivity contribution in [3.05, 3.63) is 59.2 Å². The molecular formula is C20H19NO5. The zero-order valence-corrected chi connectivity index (χ0v) is 14.4. The van der Waals surface area contributed by atoms with E-state index in [0.717, 1.165) is 17.7 Å². The normalized spacial score (nSPS) is 13.7. The van der Waals surface area contributed by atoms with Crippen LogP contribution in [0.4, 0.5) is 5.69 Å². The number of ether oxygens (including phenoxy) is 1. The third kappa shape index (κ3) is 3.74. The molecule has 134 valence electrons. The molecule has 6 nitrogen and oxygen atoms in total. The minimum Gasteiger partial charge on any atom is -0.507 e. The average molecular weight is 353 g/mol. The Balaban J connectivity index is 1.61. The van der Waals surface area contributed by atoms with E-state index < -0.39 is 12.6 Å². The molecule has 0 radical (unpaired) electrons. The van der Waals surface area contributed by atoms with Crippen molar-refractivity contribution >= 4 is 23.3 Å². The number of benzene rings is 2. The van der Waals surface area contributed by atoms with Crippen molar-refractivity contribution in [3.8, 4) is 5.75 Å². The molecule has 2 aromatic rings. The molecule has 0 bridgehead atoms. The van der Waals surface area contributed by atoms with Gasteiger partial charge in [-0.1, -0.05) is 6.07 Å². The van der Waals surface area contributed by atoms with E-state index >= 15 is 0 Å². The quantitative estimate of drug-likeness (QED) is 0.660. The second-order valence-electron chi connectivity index (χ2n) is 6.22. The van der Waals surface area contributed by atoms with Crippen LogP contribution in [0.1, 0.15) is 39.1 Å². The summed E-state index contributed by atoms with van der Waals surface area (Å²) in [6, 6.07) is 11.2. The van der Waals surface area contributed by atoms with Crippen molar-refractivity contribution in [2.75, 3.05) is 18.1 Å². The highest BCUT2D eigenvalue weighted by Crippen LogP contribution is 2.22. The van der Waals surface area contributed by atoms with E-state index in [-0.39, 0.29) is 23.0 Å². The number of amides is 1. The minimum atomic E-state index is -0.755. The van der Waals surface area contributed by atoms with Crippen molar-refractivity contribution in [1.29, 1.82) is 0 Å². The summed E-state index contributed by atoms with van der Waals surface area (Å²) in [5, 5.41) is 9.78. The van der Waals surface area contributed by atoms with Gasteiger partial charge in [0.2, 0.25) is 5.91 Å². The van der Waals surface area contributed by atoms with Gasteiger partial charge in [0, 0.05) is 24.2 Å². The van der Waals surface area contributed by atoms with Gasteiger partial charge in [0.25, 0.3) is 0 Å². The zero-order chi connectivity index (χ0) is 18.7. The molecule has 0 spiro atoms. The third-order valence-electron chi connectivity index (χ3n) is 4.28. The summed E-state index contributed by atoms with van der Waals surface area (Å²) in [4.78, 5) is 37.6. The fourth-order valence-electron chi connectivity index (χ4n) is 2.85. The molecule has 26 heavy (non-hydrogen) atoms. The standard InChI is InChI=1S/C20H19NO5/c1-13-4-9-16(17(22)11-13)20(25)26-12-18(23)14-5-7-15(8-6-14)21-10-2-3-19(21)24/h4-9,11,22H,2-3,10,12H2,1H3. The number of carbonyl (C=O) groups excluding carboxylic acids is 3. The van der Waals surface area contributed by atoms with Crippen LogP contribution in [-0.2, 0) is 9.53 Å². The van der Waals surface area contributed by atoms with Gasteiger partial charge in [-0.15, -0.1) is 0 Å². The number of aryl methyl sites for hydroxylation is 1. The number of ketones is 1. The van der Waals surface area contributed by atoms with Crippen LogP contribution in [0.15, 0.2) is 42.5 Å². The monoisotopic (exact) mass is 353 g/mol. The Bertz CT molecular complexity index is 857. The zero-order valence-electron chi connectivity index (χ0n) is 14.4. The number of phenolic OH excluding ortho intramolecular Hbond substituents is 1. The molecule has 0 aliphatic carbocycles. The number of aromatic hydroxyl groups is 1. The molecule has 0 saturated carbocycles. The van der Waals surface area contributed by atoms with Crippen molar-refractivity contribution in [2.24, 2.45) is 0 Å². The molecule has 6 heteroatoms. The highest BCUT2D eigenvalue weighted by Gasteiger charge is 2.22. The summed E-state index contributed by atoms with van der Waals surface area (Å²) in [7, 11) is 0. The first-order valence-corrected chi connectivity index (χ1v) is 8.36. The van der Waals surface area contributed by atoms with Crippen molar-refractivity contribution < 1.29 is 24.2 Å². The first kappa shape index (κ1) is 17.7. The molecule has 1 amide bonds. The number of hydrogen-bond donors (Lipinski definition) is 1. The second kappa shape index (κ2) is 7.39. The van der Waals surface area contributed by atoms with Gasteiger partial charge in [0.15, 0.2) is 12.4 Å². The number of phenols is 1. The lowest BCUT2D eigenvalue weighted by molar-refractivity contribution is -0.117. The van der Waals surface area contributed by atoms with E-state index in [0.29, 0.717) is 18.5 Å². The minimum absolute atomic E-state index is 0.0197. The fraction of sp³-hybridized carbons (Fsp3) is 0.250. The summed E-state index contributed by atoms with van der Waals surface area (Å²) in [5.74, 6) is -1.21. The van der Waals surface area contributed by atoms with Crippen LogP contribution in [0, 0.1) is 6.92 Å². The molecule has 1 N–H and O–H groups in total. The molecule has 1 fully saturated rings. The van der Waals surface area contributed by atoms with Crippen LogP contribution in [0.25, 0.3) is 0 Å². The summed E-state index contributed by atoms with van der Waals surface area (Å²) >= 11 is 0. The highest BCUT2D eigenvalue weighted by atomic mass is 16.5. The van der Waals surface area contributed by atoms with E-state index in [1.807, 2.05) is 0 Å². The Hall–Kier alpha value is -3.15. The van der Waals surface area contributed by atoms with Crippen LogP contribution in [0.5, 0.6) is 5.75 Å².